The first-order valence-corrected chi connectivity index (χ1v) is 10.2. The normalized spacial score (nSPS) is 13.5. The Hall–Kier alpha value is -0.130. The van der Waals surface area contributed by atoms with Gasteiger partial charge in [-0.05, 0) is 19.9 Å². The summed E-state index contributed by atoms with van der Waals surface area (Å²) in [5.41, 5.74) is 0. The maximum Gasteiger partial charge on any atom is 0.280 e. The van der Waals surface area contributed by atoms with Crippen molar-refractivity contribution in [2.24, 2.45) is 0 Å². The van der Waals surface area contributed by atoms with E-state index in [1.807, 2.05) is 0 Å². The third-order valence-electron chi connectivity index (χ3n) is 3.91. The van der Waals surface area contributed by atoms with Crippen molar-refractivity contribution in [3.63, 3.8) is 0 Å². The Morgan fingerprint density at radius 3 is 1.57 bits per heavy atom. The van der Waals surface area contributed by atoms with E-state index < -0.39 is 15.5 Å². The fourth-order valence-electron chi connectivity index (χ4n) is 2.38. The molecular formula is C16H35NO3S. The topological polar surface area (TPSA) is 66.4 Å². The van der Waals surface area contributed by atoms with Crippen molar-refractivity contribution in [2.75, 3.05) is 6.54 Å². The highest BCUT2D eigenvalue weighted by molar-refractivity contribution is 7.86. The van der Waals surface area contributed by atoms with E-state index in [9.17, 15) is 8.42 Å². The lowest BCUT2D eigenvalue weighted by Crippen LogP contribution is -2.34. The molecule has 0 radical (unpaired) electrons. The van der Waals surface area contributed by atoms with E-state index >= 15 is 0 Å². The first kappa shape index (κ1) is 20.9. The van der Waals surface area contributed by atoms with E-state index in [0.717, 1.165) is 12.8 Å². The van der Waals surface area contributed by atoms with Crippen LogP contribution in [0.15, 0.2) is 0 Å². The number of unbranched alkanes of at least 4 members (excludes halogenated alkanes) is 11. The molecule has 5 heteroatoms. The Morgan fingerprint density at radius 1 is 0.810 bits per heavy atom. The number of nitrogens with one attached hydrogen (secondary N) is 1. The predicted molar refractivity (Wildman–Crippen MR) is 90.1 cm³/mol. The summed E-state index contributed by atoms with van der Waals surface area (Å²) in [5.74, 6) is 0. The van der Waals surface area contributed by atoms with E-state index in [-0.39, 0.29) is 0 Å². The van der Waals surface area contributed by atoms with Gasteiger partial charge < -0.3 is 0 Å². The minimum atomic E-state index is -3.93. The molecule has 0 aromatic heterocycles. The highest BCUT2D eigenvalue weighted by atomic mass is 32.2. The summed E-state index contributed by atoms with van der Waals surface area (Å²) in [5, 5.41) is 1.96. The van der Waals surface area contributed by atoms with Crippen LogP contribution in [0.3, 0.4) is 0 Å². The van der Waals surface area contributed by atoms with Crippen molar-refractivity contribution in [2.45, 2.75) is 96.3 Å². The molecule has 0 amide bonds. The summed E-state index contributed by atoms with van der Waals surface area (Å²) in [6, 6.07) is 0. The molecule has 0 bridgehead atoms. The minimum absolute atomic E-state index is 0.651. The Kier molecular flexibility index (Phi) is 13.4. The molecule has 0 aliphatic rings. The van der Waals surface area contributed by atoms with Gasteiger partial charge in [-0.2, -0.15) is 8.42 Å². The summed E-state index contributed by atoms with van der Waals surface area (Å²) in [6.07, 6.45) is 15.5. The molecular weight excluding hydrogens is 286 g/mol. The van der Waals surface area contributed by atoms with Crippen molar-refractivity contribution in [3.8, 4) is 0 Å². The monoisotopic (exact) mass is 321 g/mol. The van der Waals surface area contributed by atoms with Crippen LogP contribution < -0.4 is 5.32 Å². The fraction of sp³-hybridized carbons (Fsp3) is 1.00. The number of hydrogen-bond acceptors (Lipinski definition) is 3. The molecule has 0 aliphatic carbocycles. The molecule has 0 aromatic rings. The molecule has 21 heavy (non-hydrogen) atoms. The zero-order valence-corrected chi connectivity index (χ0v) is 14.8. The zero-order chi connectivity index (χ0) is 16.0. The lowest BCUT2D eigenvalue weighted by atomic mass is 10.1. The second-order valence-corrected chi connectivity index (χ2v) is 7.74. The Labute approximate surface area is 131 Å². The number of hydrogen-bond donors (Lipinski definition) is 2. The molecule has 0 spiro atoms. The second-order valence-electron chi connectivity index (χ2n) is 6.00. The maximum atomic E-state index is 10.8. The van der Waals surface area contributed by atoms with Gasteiger partial charge in [0.2, 0.25) is 0 Å². The standard InChI is InChI=1S/C16H35NO3S/c1-3-4-5-6-7-8-9-10-11-12-13-14-15-17-16(2)21(18,19)20/h16-17H,3-15H2,1-2H3,(H,18,19,20). The zero-order valence-electron chi connectivity index (χ0n) is 13.9. The van der Waals surface area contributed by atoms with Crippen molar-refractivity contribution < 1.29 is 13.0 Å². The predicted octanol–water partition coefficient (Wildman–Crippen LogP) is 4.51. The molecule has 0 aliphatic heterocycles. The van der Waals surface area contributed by atoms with Crippen molar-refractivity contribution >= 4 is 10.1 Å². The Morgan fingerprint density at radius 2 is 1.19 bits per heavy atom. The molecule has 0 rings (SSSR count). The van der Waals surface area contributed by atoms with Crippen molar-refractivity contribution in [1.29, 1.82) is 0 Å². The van der Waals surface area contributed by atoms with Gasteiger partial charge in [0.15, 0.2) is 0 Å². The quantitative estimate of drug-likeness (QED) is 0.344. The van der Waals surface area contributed by atoms with Gasteiger partial charge in [-0.3, -0.25) is 9.87 Å². The molecule has 1 unspecified atom stereocenters. The highest BCUT2D eigenvalue weighted by Gasteiger charge is 2.15. The van der Waals surface area contributed by atoms with Crippen LogP contribution in [0.4, 0.5) is 0 Å². The van der Waals surface area contributed by atoms with E-state index in [0.29, 0.717) is 6.54 Å². The SMILES string of the molecule is CCCCCCCCCCCCCCNC(C)S(=O)(=O)O. The maximum absolute atomic E-state index is 10.8. The Bertz CT molecular complexity index is 317. The van der Waals surface area contributed by atoms with Crippen LogP contribution in [0.1, 0.15) is 90.9 Å². The van der Waals surface area contributed by atoms with Crippen molar-refractivity contribution in [1.82, 2.24) is 5.32 Å². The molecule has 0 aromatic carbocycles. The lowest BCUT2D eigenvalue weighted by Gasteiger charge is -2.10. The largest absolute Gasteiger partial charge is 0.299 e. The van der Waals surface area contributed by atoms with Gasteiger partial charge in [-0.15, -0.1) is 0 Å². The van der Waals surface area contributed by atoms with Crippen LogP contribution in [-0.4, -0.2) is 24.9 Å². The third-order valence-corrected chi connectivity index (χ3v) is 4.97. The van der Waals surface area contributed by atoms with Crippen LogP contribution in [0.25, 0.3) is 0 Å². The van der Waals surface area contributed by atoms with Crippen LogP contribution in [0.5, 0.6) is 0 Å². The Balaban J connectivity index is 3.16. The van der Waals surface area contributed by atoms with Gasteiger partial charge in [-0.1, -0.05) is 77.6 Å². The molecule has 0 fully saturated rings. The van der Waals surface area contributed by atoms with Crippen LogP contribution in [0, 0.1) is 0 Å². The first-order valence-electron chi connectivity index (χ1n) is 8.68. The van der Waals surface area contributed by atoms with Gasteiger partial charge in [-0.25, -0.2) is 0 Å². The van der Waals surface area contributed by atoms with Gasteiger partial charge in [0.05, 0.1) is 0 Å². The molecule has 0 saturated carbocycles. The van der Waals surface area contributed by atoms with Crippen LogP contribution in [0.2, 0.25) is 0 Å². The van der Waals surface area contributed by atoms with E-state index in [4.69, 9.17) is 4.55 Å². The van der Waals surface area contributed by atoms with Crippen LogP contribution >= 0.6 is 0 Å². The second kappa shape index (κ2) is 13.5. The molecule has 1 atom stereocenters. The smallest absolute Gasteiger partial charge is 0.280 e. The van der Waals surface area contributed by atoms with E-state index in [2.05, 4.69) is 12.2 Å². The molecule has 128 valence electrons. The molecule has 2 N–H and O–H groups in total. The van der Waals surface area contributed by atoms with Gasteiger partial charge in [0, 0.05) is 0 Å². The average Bonchev–Trinajstić information content (AvgIpc) is 2.42. The third kappa shape index (κ3) is 14.6. The van der Waals surface area contributed by atoms with E-state index in [1.165, 1.54) is 71.1 Å². The summed E-state index contributed by atoms with van der Waals surface area (Å²) in [6.45, 7) is 4.37. The summed E-state index contributed by atoms with van der Waals surface area (Å²) < 4.78 is 30.3. The van der Waals surface area contributed by atoms with Gasteiger partial charge in [0.25, 0.3) is 10.1 Å². The molecule has 4 nitrogen and oxygen atoms in total. The van der Waals surface area contributed by atoms with Crippen molar-refractivity contribution in [3.05, 3.63) is 0 Å². The minimum Gasteiger partial charge on any atom is -0.299 e. The summed E-state index contributed by atoms with van der Waals surface area (Å²) in [4.78, 5) is 0. The average molecular weight is 322 g/mol. The van der Waals surface area contributed by atoms with Crippen LogP contribution in [-0.2, 0) is 10.1 Å². The molecule has 0 heterocycles. The summed E-state index contributed by atoms with van der Waals surface area (Å²) >= 11 is 0. The molecule has 0 saturated heterocycles. The highest BCUT2D eigenvalue weighted by Crippen LogP contribution is 2.11. The van der Waals surface area contributed by atoms with E-state index in [1.54, 1.807) is 0 Å². The lowest BCUT2D eigenvalue weighted by molar-refractivity contribution is 0.452. The van der Waals surface area contributed by atoms with Gasteiger partial charge >= 0.3 is 0 Å². The van der Waals surface area contributed by atoms with Gasteiger partial charge in [0.1, 0.15) is 5.37 Å². The number of rotatable bonds is 15. The summed E-state index contributed by atoms with van der Waals surface area (Å²) in [7, 11) is -3.93. The fourth-order valence-corrected chi connectivity index (χ4v) is 2.71. The first-order chi connectivity index (χ1) is 9.98.